The Morgan fingerprint density at radius 2 is 1.50 bits per heavy atom. The van der Waals surface area contributed by atoms with Crippen molar-refractivity contribution < 1.29 is 4.79 Å². The van der Waals surface area contributed by atoms with Crippen molar-refractivity contribution in [2.45, 2.75) is 20.8 Å². The SMILES string of the molecule is Cc1cc(C)c(N2C(=O)c3ccccc3C2=S)c(C)c1. The standard InChI is InChI=1S/C17H15NOS/c1-10-8-11(2)15(12(3)9-10)18-16(19)13-6-4-5-7-14(13)17(18)20/h4-9H,1-3H3. The first-order valence-electron chi connectivity index (χ1n) is 6.56. The Kier molecular flexibility index (Phi) is 2.94. The minimum atomic E-state index is -0.0272. The third kappa shape index (κ3) is 1.78. The molecule has 0 saturated carbocycles. The van der Waals surface area contributed by atoms with Crippen LogP contribution in [0.4, 0.5) is 5.69 Å². The van der Waals surface area contributed by atoms with E-state index in [2.05, 4.69) is 19.1 Å². The highest BCUT2D eigenvalue weighted by atomic mass is 32.1. The molecule has 0 saturated heterocycles. The van der Waals surface area contributed by atoms with Crippen LogP contribution in [0.2, 0.25) is 0 Å². The van der Waals surface area contributed by atoms with Crippen LogP contribution in [0, 0.1) is 20.8 Å². The van der Waals surface area contributed by atoms with Crippen molar-refractivity contribution in [3.63, 3.8) is 0 Å². The lowest BCUT2D eigenvalue weighted by molar-refractivity contribution is 0.101. The zero-order valence-electron chi connectivity index (χ0n) is 11.7. The molecule has 0 N–H and O–H groups in total. The number of fused-ring (bicyclic) bond motifs is 1. The summed E-state index contributed by atoms with van der Waals surface area (Å²) < 4.78 is 0. The fraction of sp³-hybridized carbons (Fsp3) is 0.176. The van der Waals surface area contributed by atoms with E-state index >= 15 is 0 Å². The van der Waals surface area contributed by atoms with E-state index in [1.54, 1.807) is 4.90 Å². The molecule has 0 fully saturated rings. The maximum absolute atomic E-state index is 12.6. The third-order valence-corrected chi connectivity index (χ3v) is 4.06. The van der Waals surface area contributed by atoms with Crippen molar-refractivity contribution in [1.29, 1.82) is 0 Å². The van der Waals surface area contributed by atoms with Gasteiger partial charge >= 0.3 is 0 Å². The number of thiocarbonyl (C=S) groups is 1. The molecule has 1 amide bonds. The predicted molar refractivity (Wildman–Crippen MR) is 85.6 cm³/mol. The number of hydrogen-bond donors (Lipinski definition) is 0. The molecule has 1 heterocycles. The number of nitrogens with zero attached hydrogens (tertiary/aromatic N) is 1. The summed E-state index contributed by atoms with van der Waals surface area (Å²) in [5.74, 6) is -0.0272. The second kappa shape index (κ2) is 4.53. The van der Waals surface area contributed by atoms with Gasteiger partial charge in [-0.25, -0.2) is 0 Å². The summed E-state index contributed by atoms with van der Waals surface area (Å²) in [5.41, 5.74) is 5.81. The molecular formula is C17H15NOS. The molecule has 3 rings (SSSR count). The van der Waals surface area contributed by atoms with Crippen molar-refractivity contribution in [3.05, 3.63) is 64.2 Å². The fourth-order valence-corrected chi connectivity index (χ4v) is 3.27. The van der Waals surface area contributed by atoms with Gasteiger partial charge in [-0.05, 0) is 38.0 Å². The highest BCUT2D eigenvalue weighted by molar-refractivity contribution is 7.81. The molecule has 0 aliphatic carbocycles. The number of carbonyl (C=O) groups is 1. The van der Waals surface area contributed by atoms with Crippen LogP contribution >= 0.6 is 12.2 Å². The first kappa shape index (κ1) is 13.0. The van der Waals surface area contributed by atoms with Crippen molar-refractivity contribution in [2.75, 3.05) is 4.90 Å². The second-order valence-electron chi connectivity index (χ2n) is 5.24. The summed E-state index contributed by atoms with van der Waals surface area (Å²) in [4.78, 5) is 14.9. The first-order chi connectivity index (χ1) is 9.50. The summed E-state index contributed by atoms with van der Waals surface area (Å²) in [7, 11) is 0. The van der Waals surface area contributed by atoms with E-state index in [4.69, 9.17) is 12.2 Å². The van der Waals surface area contributed by atoms with Crippen molar-refractivity contribution in [3.8, 4) is 0 Å². The van der Waals surface area contributed by atoms with Gasteiger partial charge in [-0.2, -0.15) is 0 Å². The Balaban J connectivity index is 2.19. The number of rotatable bonds is 1. The predicted octanol–water partition coefficient (Wildman–Crippen LogP) is 3.95. The number of hydrogen-bond acceptors (Lipinski definition) is 2. The number of carbonyl (C=O) groups excluding carboxylic acids is 1. The topological polar surface area (TPSA) is 20.3 Å². The molecule has 2 aromatic carbocycles. The molecular weight excluding hydrogens is 266 g/mol. The Labute approximate surface area is 124 Å². The Hall–Kier alpha value is -2.00. The third-order valence-electron chi connectivity index (χ3n) is 3.65. The van der Waals surface area contributed by atoms with E-state index in [0.717, 1.165) is 22.4 Å². The van der Waals surface area contributed by atoms with Gasteiger partial charge in [0.25, 0.3) is 5.91 Å². The summed E-state index contributed by atoms with van der Waals surface area (Å²) in [6.45, 7) is 6.10. The molecule has 100 valence electrons. The minimum Gasteiger partial charge on any atom is -0.268 e. The van der Waals surface area contributed by atoms with E-state index in [9.17, 15) is 4.79 Å². The molecule has 0 radical (unpaired) electrons. The Morgan fingerprint density at radius 1 is 0.950 bits per heavy atom. The molecule has 0 aromatic heterocycles. The van der Waals surface area contributed by atoms with Crippen LogP contribution in [0.1, 0.15) is 32.6 Å². The number of anilines is 1. The maximum Gasteiger partial charge on any atom is 0.264 e. The first-order valence-corrected chi connectivity index (χ1v) is 6.97. The van der Waals surface area contributed by atoms with Crippen LogP contribution in [-0.4, -0.2) is 10.9 Å². The van der Waals surface area contributed by atoms with Gasteiger partial charge in [0, 0.05) is 5.56 Å². The van der Waals surface area contributed by atoms with E-state index in [0.29, 0.717) is 10.6 Å². The second-order valence-corrected chi connectivity index (χ2v) is 5.63. The molecule has 0 bridgehead atoms. The molecule has 0 unspecified atom stereocenters. The summed E-state index contributed by atoms with van der Waals surface area (Å²) >= 11 is 5.51. The number of amides is 1. The van der Waals surface area contributed by atoms with E-state index in [-0.39, 0.29) is 5.91 Å². The Morgan fingerprint density at radius 3 is 2.05 bits per heavy atom. The summed E-state index contributed by atoms with van der Waals surface area (Å²) in [5, 5.41) is 0. The summed E-state index contributed by atoms with van der Waals surface area (Å²) in [6, 6.07) is 11.7. The largest absolute Gasteiger partial charge is 0.268 e. The van der Waals surface area contributed by atoms with E-state index in [1.807, 2.05) is 38.1 Å². The summed E-state index contributed by atoms with van der Waals surface area (Å²) in [6.07, 6.45) is 0. The molecule has 1 aliphatic rings. The fourth-order valence-electron chi connectivity index (χ4n) is 2.92. The maximum atomic E-state index is 12.6. The smallest absolute Gasteiger partial charge is 0.264 e. The van der Waals surface area contributed by atoms with Crippen LogP contribution < -0.4 is 4.90 Å². The Bertz CT molecular complexity index is 690. The monoisotopic (exact) mass is 281 g/mol. The highest BCUT2D eigenvalue weighted by Crippen LogP contribution is 2.34. The average molecular weight is 281 g/mol. The van der Waals surface area contributed by atoms with Crippen LogP contribution in [0.3, 0.4) is 0 Å². The molecule has 0 atom stereocenters. The van der Waals surface area contributed by atoms with Gasteiger partial charge in [-0.1, -0.05) is 48.1 Å². The van der Waals surface area contributed by atoms with Gasteiger partial charge in [0.15, 0.2) is 0 Å². The van der Waals surface area contributed by atoms with Crippen molar-refractivity contribution >= 4 is 28.8 Å². The lowest BCUT2D eigenvalue weighted by Gasteiger charge is -2.21. The molecule has 2 aromatic rings. The van der Waals surface area contributed by atoms with Gasteiger partial charge < -0.3 is 0 Å². The number of aryl methyl sites for hydroxylation is 3. The zero-order chi connectivity index (χ0) is 14.4. The van der Waals surface area contributed by atoms with Gasteiger partial charge in [0.05, 0.1) is 11.3 Å². The van der Waals surface area contributed by atoms with Gasteiger partial charge in [-0.3, -0.25) is 9.69 Å². The van der Waals surface area contributed by atoms with Crippen LogP contribution in [0.5, 0.6) is 0 Å². The molecule has 0 spiro atoms. The lowest BCUT2D eigenvalue weighted by atomic mass is 10.0. The molecule has 3 heteroatoms. The zero-order valence-corrected chi connectivity index (χ0v) is 12.5. The van der Waals surface area contributed by atoms with Crippen molar-refractivity contribution in [1.82, 2.24) is 0 Å². The minimum absolute atomic E-state index is 0.0272. The average Bonchev–Trinajstić information content (AvgIpc) is 2.64. The quantitative estimate of drug-likeness (QED) is 0.738. The van der Waals surface area contributed by atoms with Crippen LogP contribution in [-0.2, 0) is 0 Å². The molecule has 20 heavy (non-hydrogen) atoms. The lowest BCUT2D eigenvalue weighted by Crippen LogP contribution is -2.30. The van der Waals surface area contributed by atoms with Gasteiger partial charge in [-0.15, -0.1) is 0 Å². The van der Waals surface area contributed by atoms with Crippen LogP contribution in [0.25, 0.3) is 0 Å². The number of benzene rings is 2. The molecule has 2 nitrogen and oxygen atoms in total. The van der Waals surface area contributed by atoms with Crippen LogP contribution in [0.15, 0.2) is 36.4 Å². The molecule has 1 aliphatic heterocycles. The van der Waals surface area contributed by atoms with Gasteiger partial charge in [0.2, 0.25) is 0 Å². The highest BCUT2D eigenvalue weighted by Gasteiger charge is 2.34. The normalized spacial score (nSPS) is 13.8. The van der Waals surface area contributed by atoms with E-state index < -0.39 is 0 Å². The van der Waals surface area contributed by atoms with E-state index in [1.165, 1.54) is 5.56 Å². The van der Waals surface area contributed by atoms with Gasteiger partial charge in [0.1, 0.15) is 4.99 Å². The van der Waals surface area contributed by atoms with Crippen molar-refractivity contribution in [2.24, 2.45) is 0 Å².